The molecule has 0 atom stereocenters. The number of hydrogen-bond donors (Lipinski definition) is 0. The summed E-state index contributed by atoms with van der Waals surface area (Å²) in [6.07, 6.45) is 1.72. The molecule has 0 N–H and O–H groups in total. The molecule has 0 spiro atoms. The summed E-state index contributed by atoms with van der Waals surface area (Å²) in [7, 11) is 0. The second-order valence-corrected chi connectivity index (χ2v) is 5.48. The van der Waals surface area contributed by atoms with Gasteiger partial charge in [-0.2, -0.15) is 10.2 Å². The van der Waals surface area contributed by atoms with Crippen molar-refractivity contribution in [3.05, 3.63) is 58.8 Å². The van der Waals surface area contributed by atoms with E-state index in [-0.39, 0.29) is 5.89 Å². The van der Waals surface area contributed by atoms with E-state index in [1.54, 1.807) is 30.3 Å². The SMILES string of the molecule is N#Cc1ccc(/C=C(\Cl)c2nc(-c3cccs3)no2)cc1. The van der Waals surface area contributed by atoms with Crippen LogP contribution in [0.25, 0.3) is 21.8 Å². The molecule has 0 unspecified atom stereocenters. The summed E-state index contributed by atoms with van der Waals surface area (Å²) in [6, 6.07) is 13.0. The lowest BCUT2D eigenvalue weighted by Gasteiger charge is -1.94. The summed E-state index contributed by atoms with van der Waals surface area (Å²) >= 11 is 7.72. The van der Waals surface area contributed by atoms with Crippen molar-refractivity contribution in [2.24, 2.45) is 0 Å². The maximum Gasteiger partial charge on any atom is 0.269 e. The van der Waals surface area contributed by atoms with E-state index in [4.69, 9.17) is 21.4 Å². The average molecular weight is 314 g/mol. The lowest BCUT2D eigenvalue weighted by atomic mass is 10.1. The second-order valence-electron chi connectivity index (χ2n) is 4.13. The van der Waals surface area contributed by atoms with Crippen LogP contribution in [0, 0.1) is 11.3 Å². The Morgan fingerprint density at radius 2 is 2.10 bits per heavy atom. The predicted octanol–water partition coefficient (Wildman–Crippen LogP) is 4.41. The minimum Gasteiger partial charge on any atom is -0.333 e. The number of thiophene rings is 1. The van der Waals surface area contributed by atoms with Gasteiger partial charge in [-0.05, 0) is 35.2 Å². The van der Waals surface area contributed by atoms with Crippen molar-refractivity contribution >= 4 is 34.0 Å². The van der Waals surface area contributed by atoms with Crippen LogP contribution >= 0.6 is 22.9 Å². The Morgan fingerprint density at radius 1 is 1.29 bits per heavy atom. The summed E-state index contributed by atoms with van der Waals surface area (Å²) in [5.41, 5.74) is 1.45. The molecule has 0 aliphatic heterocycles. The third-order valence-electron chi connectivity index (χ3n) is 2.71. The third-order valence-corrected chi connectivity index (χ3v) is 3.84. The Hall–Kier alpha value is -2.42. The smallest absolute Gasteiger partial charge is 0.269 e. The summed E-state index contributed by atoms with van der Waals surface area (Å²) in [5.74, 6) is 0.788. The molecule has 0 saturated heterocycles. The second kappa shape index (κ2) is 5.92. The number of nitriles is 1. The van der Waals surface area contributed by atoms with E-state index >= 15 is 0 Å². The first kappa shape index (κ1) is 13.6. The molecule has 4 nitrogen and oxygen atoms in total. The van der Waals surface area contributed by atoms with Crippen LogP contribution in [-0.2, 0) is 0 Å². The van der Waals surface area contributed by atoms with Gasteiger partial charge >= 0.3 is 0 Å². The van der Waals surface area contributed by atoms with Gasteiger partial charge in [0.1, 0.15) is 5.03 Å². The first-order valence-electron chi connectivity index (χ1n) is 6.01. The van der Waals surface area contributed by atoms with Crippen LogP contribution in [0.3, 0.4) is 0 Å². The van der Waals surface area contributed by atoms with Crippen LogP contribution < -0.4 is 0 Å². The van der Waals surface area contributed by atoms with Crippen LogP contribution in [0.2, 0.25) is 0 Å². The first-order chi connectivity index (χ1) is 10.3. The quantitative estimate of drug-likeness (QED) is 0.718. The van der Waals surface area contributed by atoms with Crippen molar-refractivity contribution in [3.8, 4) is 16.8 Å². The Kier molecular flexibility index (Phi) is 3.82. The number of hydrogen-bond acceptors (Lipinski definition) is 5. The van der Waals surface area contributed by atoms with Crippen LogP contribution in [0.4, 0.5) is 0 Å². The number of benzene rings is 1. The van der Waals surface area contributed by atoms with Gasteiger partial charge in [0.05, 0.1) is 16.5 Å². The molecule has 3 aromatic rings. The van der Waals surface area contributed by atoms with Gasteiger partial charge in [-0.25, -0.2) is 0 Å². The zero-order chi connectivity index (χ0) is 14.7. The summed E-state index contributed by atoms with van der Waals surface area (Å²) in [4.78, 5) is 5.19. The fourth-order valence-corrected chi connectivity index (χ4v) is 2.54. The summed E-state index contributed by atoms with van der Waals surface area (Å²) < 4.78 is 5.16. The Bertz CT molecular complexity index is 813. The van der Waals surface area contributed by atoms with Crippen LogP contribution in [0.1, 0.15) is 17.0 Å². The Labute approximate surface area is 129 Å². The summed E-state index contributed by atoms with van der Waals surface area (Å²) in [5, 5.41) is 15.0. The minimum atomic E-state index is 0.268. The Balaban J connectivity index is 1.86. The van der Waals surface area contributed by atoms with E-state index in [1.807, 2.05) is 17.5 Å². The van der Waals surface area contributed by atoms with Crippen LogP contribution in [-0.4, -0.2) is 10.1 Å². The molecule has 21 heavy (non-hydrogen) atoms. The van der Waals surface area contributed by atoms with Gasteiger partial charge < -0.3 is 4.52 Å². The minimum absolute atomic E-state index is 0.268. The molecule has 0 amide bonds. The molecule has 0 aliphatic rings. The zero-order valence-corrected chi connectivity index (χ0v) is 12.2. The molecule has 0 aliphatic carbocycles. The van der Waals surface area contributed by atoms with E-state index in [1.165, 1.54) is 11.3 Å². The number of halogens is 1. The molecule has 0 bridgehead atoms. The van der Waals surface area contributed by atoms with Crippen LogP contribution in [0.5, 0.6) is 0 Å². The highest BCUT2D eigenvalue weighted by Crippen LogP contribution is 2.26. The number of rotatable bonds is 3. The van der Waals surface area contributed by atoms with Gasteiger partial charge in [0, 0.05) is 0 Å². The summed E-state index contributed by atoms with van der Waals surface area (Å²) in [6.45, 7) is 0. The molecular formula is C15H8ClN3OS. The zero-order valence-electron chi connectivity index (χ0n) is 10.7. The molecule has 1 aromatic carbocycles. The van der Waals surface area contributed by atoms with Gasteiger partial charge in [0.25, 0.3) is 5.89 Å². The van der Waals surface area contributed by atoms with E-state index in [2.05, 4.69) is 16.2 Å². The van der Waals surface area contributed by atoms with E-state index in [0.29, 0.717) is 16.4 Å². The standard InChI is InChI=1S/C15H8ClN3OS/c16-12(8-10-3-5-11(9-17)6-4-10)15-18-14(19-20-15)13-2-1-7-21-13/h1-8H/b12-8-. The van der Waals surface area contributed by atoms with Crippen molar-refractivity contribution in [1.29, 1.82) is 5.26 Å². The molecule has 2 heterocycles. The maximum absolute atomic E-state index is 8.76. The molecule has 6 heteroatoms. The molecule has 102 valence electrons. The monoisotopic (exact) mass is 313 g/mol. The molecular weight excluding hydrogens is 306 g/mol. The highest BCUT2D eigenvalue weighted by Gasteiger charge is 2.12. The van der Waals surface area contributed by atoms with Gasteiger partial charge in [-0.15, -0.1) is 11.3 Å². The highest BCUT2D eigenvalue weighted by molar-refractivity contribution is 7.13. The molecule has 0 fully saturated rings. The van der Waals surface area contributed by atoms with Gasteiger partial charge in [-0.1, -0.05) is 35.0 Å². The van der Waals surface area contributed by atoms with Crippen molar-refractivity contribution in [2.75, 3.05) is 0 Å². The van der Waals surface area contributed by atoms with Gasteiger partial charge in [0.15, 0.2) is 0 Å². The largest absolute Gasteiger partial charge is 0.333 e. The topological polar surface area (TPSA) is 62.7 Å². The molecule has 0 radical (unpaired) electrons. The molecule has 3 rings (SSSR count). The fraction of sp³-hybridized carbons (Fsp3) is 0. The normalized spacial score (nSPS) is 11.3. The fourth-order valence-electron chi connectivity index (χ4n) is 1.69. The Morgan fingerprint density at radius 3 is 2.76 bits per heavy atom. The lowest BCUT2D eigenvalue weighted by Crippen LogP contribution is -1.80. The van der Waals surface area contributed by atoms with Gasteiger partial charge in [0.2, 0.25) is 5.82 Å². The van der Waals surface area contributed by atoms with E-state index < -0.39 is 0 Å². The van der Waals surface area contributed by atoms with Crippen molar-refractivity contribution < 1.29 is 4.52 Å². The number of aromatic nitrogens is 2. The molecule has 2 aromatic heterocycles. The number of nitrogens with zero attached hydrogens (tertiary/aromatic N) is 3. The highest BCUT2D eigenvalue weighted by atomic mass is 35.5. The predicted molar refractivity (Wildman–Crippen MR) is 82.5 cm³/mol. The van der Waals surface area contributed by atoms with E-state index in [9.17, 15) is 0 Å². The van der Waals surface area contributed by atoms with Crippen molar-refractivity contribution in [1.82, 2.24) is 10.1 Å². The van der Waals surface area contributed by atoms with Crippen molar-refractivity contribution in [2.45, 2.75) is 0 Å². The maximum atomic E-state index is 8.76. The third kappa shape index (κ3) is 3.02. The van der Waals surface area contributed by atoms with Crippen LogP contribution in [0.15, 0.2) is 46.3 Å². The lowest BCUT2D eigenvalue weighted by molar-refractivity contribution is 0.410. The van der Waals surface area contributed by atoms with Gasteiger partial charge in [-0.3, -0.25) is 0 Å². The average Bonchev–Trinajstić information content (AvgIpc) is 3.19. The van der Waals surface area contributed by atoms with E-state index in [0.717, 1.165) is 10.4 Å². The first-order valence-corrected chi connectivity index (χ1v) is 7.27. The molecule has 0 saturated carbocycles. The van der Waals surface area contributed by atoms with Crippen molar-refractivity contribution in [3.63, 3.8) is 0 Å².